The van der Waals surface area contributed by atoms with E-state index in [2.05, 4.69) is 20.8 Å². The molecule has 4 nitrogen and oxygen atoms in total. The minimum atomic E-state index is -0.841. The van der Waals surface area contributed by atoms with Gasteiger partial charge in [-0.1, -0.05) is 0 Å². The average Bonchev–Trinajstić information content (AvgIpc) is 2.73. The Bertz CT molecular complexity index is 449. The van der Waals surface area contributed by atoms with Crippen molar-refractivity contribution in [3.8, 4) is 0 Å². The van der Waals surface area contributed by atoms with E-state index in [0.29, 0.717) is 17.7 Å². The van der Waals surface area contributed by atoms with Gasteiger partial charge in [-0.25, -0.2) is 4.79 Å². The molecule has 0 aliphatic carbocycles. The third-order valence-electron chi connectivity index (χ3n) is 4.01. The number of aromatic nitrogens is 1. The van der Waals surface area contributed by atoms with Crippen LogP contribution in [-0.4, -0.2) is 40.2 Å². The van der Waals surface area contributed by atoms with Crippen molar-refractivity contribution in [1.82, 2.24) is 9.47 Å². The normalized spacial score (nSPS) is 31.7. The molecule has 5 heteroatoms. The Morgan fingerprint density at radius 1 is 1.41 bits per heavy atom. The highest BCUT2D eigenvalue weighted by Gasteiger charge is 2.36. The summed E-state index contributed by atoms with van der Waals surface area (Å²) in [4.78, 5) is 13.7. The van der Waals surface area contributed by atoms with Gasteiger partial charge in [0.25, 0.3) is 0 Å². The molecule has 92 valence electrons. The van der Waals surface area contributed by atoms with E-state index in [4.69, 9.17) is 0 Å². The van der Waals surface area contributed by atoms with Crippen molar-refractivity contribution in [1.29, 1.82) is 0 Å². The molecule has 1 aromatic heterocycles. The quantitative estimate of drug-likeness (QED) is 0.910. The highest BCUT2D eigenvalue weighted by atomic mass is 79.9. The lowest BCUT2D eigenvalue weighted by Crippen LogP contribution is -2.48. The zero-order chi connectivity index (χ0) is 12.0. The molecule has 1 aromatic rings. The number of carbonyl (C=O) groups is 1. The van der Waals surface area contributed by atoms with Gasteiger partial charge in [0.2, 0.25) is 0 Å². The minimum Gasteiger partial charge on any atom is -0.477 e. The maximum absolute atomic E-state index is 11.2. The molecule has 17 heavy (non-hydrogen) atoms. The van der Waals surface area contributed by atoms with E-state index in [1.807, 2.05) is 10.8 Å². The second-order valence-electron chi connectivity index (χ2n) is 4.96. The monoisotopic (exact) mass is 298 g/mol. The van der Waals surface area contributed by atoms with Gasteiger partial charge in [0.15, 0.2) is 0 Å². The average molecular weight is 299 g/mol. The summed E-state index contributed by atoms with van der Waals surface area (Å²) in [6, 6.07) is 2.02. The second kappa shape index (κ2) is 4.14. The first-order valence-corrected chi connectivity index (χ1v) is 6.77. The standard InChI is InChI=1S/C12H15BrN2O2/c13-9-5-10(12(16)17)15(6-9)11-7-14-3-1-8(11)2-4-14/h5-6,8,11H,1-4,7H2,(H,16,17). The fraction of sp³-hybridized carbons (Fsp3) is 0.583. The van der Waals surface area contributed by atoms with Crippen molar-refractivity contribution in [2.45, 2.75) is 18.9 Å². The Hall–Kier alpha value is -0.810. The molecule has 0 radical (unpaired) electrons. The number of hydrogen-bond acceptors (Lipinski definition) is 2. The molecule has 2 bridgehead atoms. The smallest absolute Gasteiger partial charge is 0.352 e. The zero-order valence-electron chi connectivity index (χ0n) is 9.47. The first-order valence-electron chi connectivity index (χ1n) is 5.98. The molecule has 3 fully saturated rings. The molecule has 1 N–H and O–H groups in total. The number of fused-ring (bicyclic) bond motifs is 3. The van der Waals surface area contributed by atoms with Crippen LogP contribution in [0.15, 0.2) is 16.7 Å². The Kier molecular flexibility index (Phi) is 2.75. The van der Waals surface area contributed by atoms with Crippen LogP contribution in [0.25, 0.3) is 0 Å². The molecule has 1 atom stereocenters. The van der Waals surface area contributed by atoms with Crippen LogP contribution >= 0.6 is 15.9 Å². The number of hydrogen-bond donors (Lipinski definition) is 1. The van der Waals surface area contributed by atoms with E-state index in [0.717, 1.165) is 11.0 Å². The second-order valence-corrected chi connectivity index (χ2v) is 5.88. The summed E-state index contributed by atoms with van der Waals surface area (Å²) < 4.78 is 2.80. The lowest BCUT2D eigenvalue weighted by atomic mass is 9.84. The van der Waals surface area contributed by atoms with Gasteiger partial charge in [0, 0.05) is 23.3 Å². The Labute approximate surface area is 108 Å². The number of piperidine rings is 3. The summed E-state index contributed by atoms with van der Waals surface area (Å²) in [5, 5.41) is 9.22. The number of rotatable bonds is 2. The van der Waals surface area contributed by atoms with E-state index in [-0.39, 0.29) is 0 Å². The van der Waals surface area contributed by atoms with Gasteiger partial charge in [-0.15, -0.1) is 0 Å². The van der Waals surface area contributed by atoms with Crippen molar-refractivity contribution < 1.29 is 9.90 Å². The summed E-state index contributed by atoms with van der Waals surface area (Å²) in [6.07, 6.45) is 4.30. The van der Waals surface area contributed by atoms with Gasteiger partial charge in [-0.05, 0) is 53.8 Å². The number of carboxylic acid groups (broad SMARTS) is 1. The molecule has 3 aliphatic heterocycles. The molecule has 0 saturated carbocycles. The topological polar surface area (TPSA) is 45.5 Å². The van der Waals surface area contributed by atoms with Crippen LogP contribution in [0.2, 0.25) is 0 Å². The van der Waals surface area contributed by atoms with Gasteiger partial charge in [-0.2, -0.15) is 0 Å². The SMILES string of the molecule is O=C(O)c1cc(Br)cn1C1CN2CCC1CC2. The highest BCUT2D eigenvalue weighted by Crippen LogP contribution is 2.37. The van der Waals surface area contributed by atoms with Gasteiger partial charge in [0.1, 0.15) is 5.69 Å². The Morgan fingerprint density at radius 3 is 2.65 bits per heavy atom. The van der Waals surface area contributed by atoms with E-state index in [1.165, 1.54) is 25.9 Å². The largest absolute Gasteiger partial charge is 0.477 e. The summed E-state index contributed by atoms with van der Waals surface area (Å²) in [5.74, 6) is -0.204. The fourth-order valence-corrected chi connectivity index (χ4v) is 3.58. The third kappa shape index (κ3) is 1.91. The summed E-state index contributed by atoms with van der Waals surface area (Å²) in [5.41, 5.74) is 0.399. The molecule has 3 saturated heterocycles. The van der Waals surface area contributed by atoms with Crippen molar-refractivity contribution >= 4 is 21.9 Å². The van der Waals surface area contributed by atoms with Gasteiger partial charge in [-0.3, -0.25) is 0 Å². The third-order valence-corrected chi connectivity index (χ3v) is 4.45. The van der Waals surface area contributed by atoms with Crippen LogP contribution in [0.5, 0.6) is 0 Å². The van der Waals surface area contributed by atoms with Crippen molar-refractivity contribution in [2.24, 2.45) is 5.92 Å². The molecule has 0 amide bonds. The maximum atomic E-state index is 11.2. The predicted octanol–water partition coefficient (Wildman–Crippen LogP) is 2.22. The van der Waals surface area contributed by atoms with Gasteiger partial charge < -0.3 is 14.6 Å². The Balaban J connectivity index is 1.96. The number of nitrogens with zero attached hydrogens (tertiary/aromatic N) is 2. The predicted molar refractivity (Wildman–Crippen MR) is 67.3 cm³/mol. The van der Waals surface area contributed by atoms with Crippen LogP contribution in [0.4, 0.5) is 0 Å². The lowest BCUT2D eigenvalue weighted by molar-refractivity contribution is 0.0509. The molecule has 0 spiro atoms. The maximum Gasteiger partial charge on any atom is 0.352 e. The molecule has 4 rings (SSSR count). The summed E-state index contributed by atoms with van der Waals surface area (Å²) >= 11 is 3.37. The van der Waals surface area contributed by atoms with E-state index in [1.54, 1.807) is 6.07 Å². The van der Waals surface area contributed by atoms with E-state index >= 15 is 0 Å². The van der Waals surface area contributed by atoms with Crippen LogP contribution in [0.3, 0.4) is 0 Å². The first-order chi connectivity index (χ1) is 8.15. The van der Waals surface area contributed by atoms with Gasteiger partial charge in [0.05, 0.1) is 0 Å². The van der Waals surface area contributed by atoms with Crippen molar-refractivity contribution in [3.63, 3.8) is 0 Å². The van der Waals surface area contributed by atoms with E-state index in [9.17, 15) is 9.90 Å². The van der Waals surface area contributed by atoms with Crippen LogP contribution in [0.1, 0.15) is 29.4 Å². The molecular formula is C12H15BrN2O2. The molecule has 1 unspecified atom stereocenters. The first kappa shape index (κ1) is 11.3. The molecular weight excluding hydrogens is 284 g/mol. The number of aromatic carboxylic acids is 1. The highest BCUT2D eigenvalue weighted by molar-refractivity contribution is 9.10. The lowest BCUT2D eigenvalue weighted by Gasteiger charge is -2.45. The minimum absolute atomic E-state index is 0.329. The van der Waals surface area contributed by atoms with Gasteiger partial charge >= 0.3 is 5.97 Å². The molecule has 3 aliphatic rings. The number of carboxylic acids is 1. The molecule has 0 aromatic carbocycles. The fourth-order valence-electron chi connectivity index (χ4n) is 3.14. The van der Waals surface area contributed by atoms with Crippen LogP contribution < -0.4 is 0 Å². The summed E-state index contributed by atoms with van der Waals surface area (Å²) in [6.45, 7) is 3.34. The molecule has 4 heterocycles. The van der Waals surface area contributed by atoms with Crippen LogP contribution in [-0.2, 0) is 0 Å². The summed E-state index contributed by atoms with van der Waals surface area (Å²) in [7, 11) is 0. The van der Waals surface area contributed by atoms with Crippen LogP contribution in [0, 0.1) is 5.92 Å². The zero-order valence-corrected chi connectivity index (χ0v) is 11.1. The Morgan fingerprint density at radius 2 is 2.12 bits per heavy atom. The van der Waals surface area contributed by atoms with Crippen molar-refractivity contribution in [2.75, 3.05) is 19.6 Å². The number of halogens is 1. The van der Waals surface area contributed by atoms with Crippen molar-refractivity contribution in [3.05, 3.63) is 22.4 Å². The van der Waals surface area contributed by atoms with E-state index < -0.39 is 5.97 Å².